The summed E-state index contributed by atoms with van der Waals surface area (Å²) in [4.78, 5) is 24.0. The standard InChI is InChI=1S/C19H12F4N2O4/c1-7-3-13(26)10-4-9(20)5-11(16(10)29-7)15-12(6-24)17(19(21,22)23)25-8(2)14(15)18(27)28/h3-5,15,25H,1-2H3,(H,27,28). The molecule has 1 aliphatic rings. The fourth-order valence-corrected chi connectivity index (χ4v) is 3.35. The molecule has 2 heterocycles. The molecule has 2 aromatic rings. The first kappa shape index (κ1) is 20.1. The van der Waals surface area contributed by atoms with Crippen molar-refractivity contribution in [2.75, 3.05) is 0 Å². The van der Waals surface area contributed by atoms with Gasteiger partial charge in [0, 0.05) is 17.3 Å². The molecule has 1 atom stereocenters. The first-order valence-corrected chi connectivity index (χ1v) is 8.12. The summed E-state index contributed by atoms with van der Waals surface area (Å²) in [7, 11) is 0. The summed E-state index contributed by atoms with van der Waals surface area (Å²) in [5.74, 6) is -4.32. The highest BCUT2D eigenvalue weighted by molar-refractivity contribution is 5.93. The lowest BCUT2D eigenvalue weighted by atomic mass is 9.80. The normalized spacial score (nSPS) is 17.3. The monoisotopic (exact) mass is 408 g/mol. The van der Waals surface area contributed by atoms with Crippen LogP contribution in [-0.2, 0) is 4.79 Å². The van der Waals surface area contributed by atoms with Crippen LogP contribution in [0.1, 0.15) is 24.2 Å². The fourth-order valence-electron chi connectivity index (χ4n) is 3.35. The Kier molecular flexibility index (Phi) is 4.70. The Bertz CT molecular complexity index is 1220. The van der Waals surface area contributed by atoms with Gasteiger partial charge in [0.05, 0.1) is 28.5 Å². The Morgan fingerprint density at radius 3 is 2.48 bits per heavy atom. The Balaban J connectivity index is 2.50. The van der Waals surface area contributed by atoms with Gasteiger partial charge in [-0.1, -0.05) is 0 Å². The third kappa shape index (κ3) is 3.35. The molecule has 0 fully saturated rings. The van der Waals surface area contributed by atoms with Crippen LogP contribution >= 0.6 is 0 Å². The minimum atomic E-state index is -5.01. The average Bonchev–Trinajstić information content (AvgIpc) is 2.59. The molecule has 0 amide bonds. The van der Waals surface area contributed by atoms with Crippen LogP contribution in [0.2, 0.25) is 0 Å². The number of aliphatic carboxylic acids is 1. The highest BCUT2D eigenvalue weighted by Gasteiger charge is 2.45. The highest BCUT2D eigenvalue weighted by Crippen LogP contribution is 2.44. The van der Waals surface area contributed by atoms with E-state index in [0.29, 0.717) is 0 Å². The van der Waals surface area contributed by atoms with Gasteiger partial charge in [0.1, 0.15) is 22.9 Å². The molecule has 1 aromatic carbocycles. The molecule has 150 valence electrons. The number of dihydropyridines is 1. The van der Waals surface area contributed by atoms with Gasteiger partial charge < -0.3 is 14.8 Å². The van der Waals surface area contributed by atoms with Gasteiger partial charge in [-0.3, -0.25) is 4.79 Å². The summed E-state index contributed by atoms with van der Waals surface area (Å²) >= 11 is 0. The van der Waals surface area contributed by atoms with E-state index in [9.17, 15) is 37.5 Å². The van der Waals surface area contributed by atoms with Crippen LogP contribution in [-0.4, -0.2) is 17.3 Å². The lowest BCUT2D eigenvalue weighted by Gasteiger charge is -2.29. The van der Waals surface area contributed by atoms with E-state index in [0.717, 1.165) is 25.1 Å². The van der Waals surface area contributed by atoms with Gasteiger partial charge in [-0.05, 0) is 26.0 Å². The van der Waals surface area contributed by atoms with Crippen molar-refractivity contribution < 1.29 is 31.9 Å². The Labute approximate surface area is 160 Å². The lowest BCUT2D eigenvalue weighted by Crippen LogP contribution is -2.35. The number of carboxylic acids is 1. The van der Waals surface area contributed by atoms with Gasteiger partial charge in [-0.15, -0.1) is 0 Å². The van der Waals surface area contributed by atoms with Gasteiger partial charge in [0.2, 0.25) is 0 Å². The molecule has 3 rings (SSSR count). The zero-order valence-corrected chi connectivity index (χ0v) is 14.9. The van der Waals surface area contributed by atoms with Crippen molar-refractivity contribution in [1.29, 1.82) is 5.26 Å². The van der Waals surface area contributed by atoms with Crippen molar-refractivity contribution in [2.24, 2.45) is 0 Å². The Hall–Kier alpha value is -3.61. The predicted octanol–water partition coefficient (Wildman–Crippen LogP) is 3.63. The number of carboxylic acid groups (broad SMARTS) is 1. The molecule has 0 saturated carbocycles. The molecule has 29 heavy (non-hydrogen) atoms. The zero-order chi connectivity index (χ0) is 21.7. The Morgan fingerprint density at radius 1 is 1.28 bits per heavy atom. The number of carbonyl (C=O) groups is 1. The van der Waals surface area contributed by atoms with Crippen LogP contribution in [0.15, 0.2) is 50.0 Å². The van der Waals surface area contributed by atoms with Crippen LogP contribution < -0.4 is 10.7 Å². The molecule has 0 radical (unpaired) electrons. The smallest absolute Gasteiger partial charge is 0.432 e. The second kappa shape index (κ2) is 6.77. The number of fused-ring (bicyclic) bond motifs is 1. The fraction of sp³-hybridized carbons (Fsp3) is 0.211. The van der Waals surface area contributed by atoms with Gasteiger partial charge in [0.15, 0.2) is 5.43 Å². The third-order valence-electron chi connectivity index (χ3n) is 4.45. The van der Waals surface area contributed by atoms with Gasteiger partial charge in [-0.2, -0.15) is 18.4 Å². The number of aryl methyl sites for hydroxylation is 1. The maximum Gasteiger partial charge on any atom is 0.432 e. The number of alkyl halides is 3. The van der Waals surface area contributed by atoms with Gasteiger partial charge >= 0.3 is 12.1 Å². The summed E-state index contributed by atoms with van der Waals surface area (Å²) < 4.78 is 60.2. The zero-order valence-electron chi connectivity index (χ0n) is 14.9. The molecule has 0 spiro atoms. The topological polar surface area (TPSA) is 103 Å². The van der Waals surface area contributed by atoms with E-state index in [-0.39, 0.29) is 28.0 Å². The molecular formula is C19H12F4N2O4. The number of benzene rings is 1. The molecule has 1 aliphatic heterocycles. The molecular weight excluding hydrogens is 396 g/mol. The first-order valence-electron chi connectivity index (χ1n) is 8.12. The van der Waals surface area contributed by atoms with Crippen molar-refractivity contribution in [1.82, 2.24) is 5.32 Å². The SMILES string of the molecule is CC1=C(C(=O)O)C(c2cc(F)cc3c(=O)cc(C)oc23)C(C#N)=C(C(F)(F)F)N1. The second-order valence-corrected chi connectivity index (χ2v) is 6.39. The molecule has 0 bridgehead atoms. The minimum Gasteiger partial charge on any atom is -0.478 e. The summed E-state index contributed by atoms with van der Waals surface area (Å²) in [6.45, 7) is 2.50. The first-order chi connectivity index (χ1) is 13.5. The number of nitrogens with zero attached hydrogens (tertiary/aromatic N) is 1. The van der Waals surface area contributed by atoms with Crippen LogP contribution in [0.3, 0.4) is 0 Å². The molecule has 1 unspecified atom stereocenters. The van der Waals surface area contributed by atoms with E-state index in [2.05, 4.69) is 0 Å². The van der Waals surface area contributed by atoms with Crippen molar-refractivity contribution in [3.05, 3.63) is 68.1 Å². The largest absolute Gasteiger partial charge is 0.478 e. The number of nitrogens with one attached hydrogen (secondary N) is 1. The van der Waals surface area contributed by atoms with Crippen molar-refractivity contribution in [3.8, 4) is 6.07 Å². The number of nitriles is 1. The van der Waals surface area contributed by atoms with Crippen LogP contribution in [0, 0.1) is 24.1 Å². The van der Waals surface area contributed by atoms with E-state index in [4.69, 9.17) is 4.42 Å². The number of hydrogen-bond donors (Lipinski definition) is 2. The number of hydrogen-bond acceptors (Lipinski definition) is 5. The molecule has 2 N–H and O–H groups in total. The van der Waals surface area contributed by atoms with Gasteiger partial charge in [-0.25, -0.2) is 9.18 Å². The minimum absolute atomic E-state index is 0.0837. The summed E-state index contributed by atoms with van der Waals surface area (Å²) in [5.41, 5.74) is -4.71. The lowest BCUT2D eigenvalue weighted by molar-refractivity contribution is -0.133. The van der Waals surface area contributed by atoms with E-state index in [1.165, 1.54) is 13.0 Å². The molecule has 1 aromatic heterocycles. The molecule has 0 aliphatic carbocycles. The maximum absolute atomic E-state index is 14.2. The summed E-state index contributed by atoms with van der Waals surface area (Å²) in [6.07, 6.45) is -5.01. The van der Waals surface area contributed by atoms with Crippen LogP contribution in [0.5, 0.6) is 0 Å². The van der Waals surface area contributed by atoms with E-state index in [1.54, 1.807) is 0 Å². The number of allylic oxidation sites excluding steroid dienone is 3. The van der Waals surface area contributed by atoms with Crippen LogP contribution in [0.25, 0.3) is 11.0 Å². The summed E-state index contributed by atoms with van der Waals surface area (Å²) in [6, 6.07) is 4.05. The maximum atomic E-state index is 14.2. The quantitative estimate of drug-likeness (QED) is 0.736. The highest BCUT2D eigenvalue weighted by atomic mass is 19.4. The summed E-state index contributed by atoms with van der Waals surface area (Å²) in [5, 5.41) is 20.7. The molecule has 6 nitrogen and oxygen atoms in total. The number of halogens is 4. The average molecular weight is 408 g/mol. The van der Waals surface area contributed by atoms with E-state index >= 15 is 0 Å². The van der Waals surface area contributed by atoms with E-state index in [1.807, 2.05) is 5.32 Å². The molecule has 0 saturated heterocycles. The van der Waals surface area contributed by atoms with E-state index < -0.39 is 46.2 Å². The number of rotatable bonds is 2. The van der Waals surface area contributed by atoms with Crippen molar-refractivity contribution in [2.45, 2.75) is 25.9 Å². The molecule has 10 heteroatoms. The Morgan fingerprint density at radius 2 is 1.93 bits per heavy atom. The second-order valence-electron chi connectivity index (χ2n) is 6.39. The van der Waals surface area contributed by atoms with Crippen molar-refractivity contribution >= 4 is 16.9 Å². The van der Waals surface area contributed by atoms with Gasteiger partial charge in [0.25, 0.3) is 0 Å². The van der Waals surface area contributed by atoms with Crippen molar-refractivity contribution in [3.63, 3.8) is 0 Å². The van der Waals surface area contributed by atoms with Crippen LogP contribution in [0.4, 0.5) is 17.6 Å². The predicted molar refractivity (Wildman–Crippen MR) is 92.1 cm³/mol. The third-order valence-corrected chi connectivity index (χ3v) is 4.45.